The molecule has 2 rings (SSSR count). The van der Waals surface area contributed by atoms with Gasteiger partial charge in [-0.25, -0.2) is 0 Å². The second kappa shape index (κ2) is 14.5. The molecule has 0 aliphatic heterocycles. The summed E-state index contributed by atoms with van der Waals surface area (Å²) in [5.74, 6) is 2.82. The summed E-state index contributed by atoms with van der Waals surface area (Å²) in [6.07, 6.45) is 24.2. The predicted octanol–water partition coefficient (Wildman–Crippen LogP) is 10.3. The van der Waals surface area contributed by atoms with Crippen molar-refractivity contribution in [3.8, 4) is 0 Å². The summed E-state index contributed by atoms with van der Waals surface area (Å²) in [6.45, 7) is 20.1. The molecule has 33 heavy (non-hydrogen) atoms. The fraction of sp³-hybridized carbons (Fsp3) is 1.00. The quantitative estimate of drug-likeness (QED) is 0.154. The third-order valence-electron chi connectivity index (χ3n) is 10.5. The van der Waals surface area contributed by atoms with Crippen LogP contribution in [0.3, 0.4) is 0 Å². The van der Waals surface area contributed by atoms with Gasteiger partial charge in [-0.15, -0.1) is 0 Å². The molecule has 0 radical (unpaired) electrons. The summed E-state index contributed by atoms with van der Waals surface area (Å²) in [6, 6.07) is 0.827. The van der Waals surface area contributed by atoms with Crippen molar-refractivity contribution in [2.45, 2.75) is 164 Å². The first-order valence-electron chi connectivity index (χ1n) is 15.6. The number of hydrogen-bond acceptors (Lipinski definition) is 1. The van der Waals surface area contributed by atoms with Crippen LogP contribution in [0.5, 0.6) is 0 Å². The van der Waals surface area contributed by atoms with Crippen LogP contribution in [-0.4, -0.2) is 24.0 Å². The molecule has 0 spiro atoms. The number of nitrogens with zero attached hydrogens (tertiary/aromatic N) is 1. The van der Waals surface area contributed by atoms with E-state index in [0.717, 1.165) is 23.8 Å². The molecule has 2 saturated carbocycles. The molecule has 0 amide bonds. The molecule has 5 unspecified atom stereocenters. The van der Waals surface area contributed by atoms with Crippen molar-refractivity contribution in [3.05, 3.63) is 0 Å². The molecule has 1 nitrogen and oxygen atoms in total. The maximum atomic E-state index is 3.08. The first-order chi connectivity index (χ1) is 15.9. The Morgan fingerprint density at radius 3 is 1.70 bits per heavy atom. The average molecular weight is 462 g/mol. The molecule has 0 aromatic carbocycles. The lowest BCUT2D eigenvalue weighted by molar-refractivity contribution is -0.0321. The highest BCUT2D eigenvalue weighted by atomic mass is 15.2. The fourth-order valence-electron chi connectivity index (χ4n) is 7.34. The zero-order chi connectivity index (χ0) is 24.3. The average Bonchev–Trinajstić information content (AvgIpc) is 3.38. The summed E-state index contributed by atoms with van der Waals surface area (Å²) < 4.78 is 0. The van der Waals surface area contributed by atoms with Gasteiger partial charge in [-0.05, 0) is 67.1 Å². The Morgan fingerprint density at radius 1 is 0.667 bits per heavy atom. The maximum Gasteiger partial charge on any atom is 0.00954 e. The van der Waals surface area contributed by atoms with Gasteiger partial charge in [0, 0.05) is 19.1 Å². The topological polar surface area (TPSA) is 3.24 Å². The van der Waals surface area contributed by atoms with Gasteiger partial charge in [-0.2, -0.15) is 0 Å². The second-order valence-electron chi connectivity index (χ2n) is 12.9. The molecular formula is C32H63N. The molecule has 0 heterocycles. The molecule has 0 aromatic rings. The molecule has 1 heteroatoms. The van der Waals surface area contributed by atoms with Gasteiger partial charge in [0.25, 0.3) is 0 Å². The lowest BCUT2D eigenvalue weighted by atomic mass is 9.55. The van der Waals surface area contributed by atoms with E-state index in [2.05, 4.69) is 53.4 Å². The Morgan fingerprint density at radius 2 is 1.21 bits per heavy atom. The minimum atomic E-state index is 0.592. The lowest BCUT2D eigenvalue weighted by Gasteiger charge is -2.52. The third-order valence-corrected chi connectivity index (χ3v) is 10.5. The number of rotatable bonds is 21. The zero-order valence-electron chi connectivity index (χ0n) is 24.2. The summed E-state index contributed by atoms with van der Waals surface area (Å²) in [5, 5.41) is 0. The van der Waals surface area contributed by atoms with Crippen molar-refractivity contribution in [3.63, 3.8) is 0 Å². The minimum absolute atomic E-state index is 0.592. The molecule has 5 atom stereocenters. The van der Waals surface area contributed by atoms with Gasteiger partial charge in [0.1, 0.15) is 0 Å². The first kappa shape index (κ1) is 29.2. The highest BCUT2D eigenvalue weighted by Gasteiger charge is 2.72. The Bertz CT molecular complexity index is 507. The van der Waals surface area contributed by atoms with Crippen molar-refractivity contribution < 1.29 is 0 Å². The van der Waals surface area contributed by atoms with E-state index in [0.29, 0.717) is 10.8 Å². The van der Waals surface area contributed by atoms with Crippen molar-refractivity contribution >= 4 is 0 Å². The van der Waals surface area contributed by atoms with Crippen LogP contribution in [0.15, 0.2) is 0 Å². The summed E-state index contributed by atoms with van der Waals surface area (Å²) in [7, 11) is 0. The van der Waals surface area contributed by atoms with Crippen LogP contribution in [0.2, 0.25) is 0 Å². The molecule has 196 valence electrons. The van der Waals surface area contributed by atoms with Gasteiger partial charge in [0.15, 0.2) is 0 Å². The Balaban J connectivity index is 2.12. The minimum Gasteiger partial charge on any atom is -0.300 e. The highest BCUT2D eigenvalue weighted by molar-refractivity contribution is 5.21. The monoisotopic (exact) mass is 461 g/mol. The SMILES string of the molecule is CCCCCCC(CCCCC)N(CC(CCCC)CCCC)CC(C)C1(C)CC2CC21C. The van der Waals surface area contributed by atoms with Crippen LogP contribution in [-0.2, 0) is 0 Å². The predicted molar refractivity (Wildman–Crippen MR) is 149 cm³/mol. The van der Waals surface area contributed by atoms with Crippen molar-refractivity contribution in [1.29, 1.82) is 0 Å². The van der Waals surface area contributed by atoms with Crippen LogP contribution in [0.25, 0.3) is 0 Å². The smallest absolute Gasteiger partial charge is 0.00954 e. The largest absolute Gasteiger partial charge is 0.300 e. The van der Waals surface area contributed by atoms with Gasteiger partial charge in [-0.1, -0.05) is 119 Å². The van der Waals surface area contributed by atoms with Gasteiger partial charge in [0.2, 0.25) is 0 Å². The zero-order valence-corrected chi connectivity index (χ0v) is 24.2. The third kappa shape index (κ3) is 7.98. The molecule has 0 bridgehead atoms. The van der Waals surface area contributed by atoms with Crippen LogP contribution in [0, 0.1) is 28.6 Å². The van der Waals surface area contributed by atoms with E-state index < -0.39 is 0 Å². The van der Waals surface area contributed by atoms with E-state index in [1.165, 1.54) is 122 Å². The Kier molecular flexibility index (Phi) is 12.8. The van der Waals surface area contributed by atoms with E-state index in [-0.39, 0.29) is 0 Å². The van der Waals surface area contributed by atoms with Crippen molar-refractivity contribution in [1.82, 2.24) is 4.90 Å². The number of fused-ring (bicyclic) bond motifs is 1. The molecule has 2 aliphatic carbocycles. The van der Waals surface area contributed by atoms with Gasteiger partial charge < -0.3 is 0 Å². The normalized spacial score (nSPS) is 28.1. The molecule has 0 aromatic heterocycles. The van der Waals surface area contributed by atoms with Crippen molar-refractivity contribution in [2.24, 2.45) is 28.6 Å². The standard InChI is InChI=1S/C32H63N/c1-8-12-16-18-22-30(21-17-13-9-2)33(26-28(19-14-10-3)20-15-11-4)25-27(5)31(6)23-29-24-32(29,31)7/h27-30H,8-26H2,1-7H3. The van der Waals surface area contributed by atoms with Gasteiger partial charge in [-0.3, -0.25) is 4.90 Å². The van der Waals surface area contributed by atoms with Gasteiger partial charge in [0.05, 0.1) is 0 Å². The van der Waals surface area contributed by atoms with E-state index in [9.17, 15) is 0 Å². The molecular weight excluding hydrogens is 398 g/mol. The Labute approximate surface area is 210 Å². The van der Waals surface area contributed by atoms with Crippen LogP contribution in [0.4, 0.5) is 0 Å². The van der Waals surface area contributed by atoms with E-state index >= 15 is 0 Å². The van der Waals surface area contributed by atoms with Crippen LogP contribution >= 0.6 is 0 Å². The molecule has 0 saturated heterocycles. The second-order valence-corrected chi connectivity index (χ2v) is 12.9. The number of unbranched alkanes of at least 4 members (excludes halogenated alkanes) is 7. The van der Waals surface area contributed by atoms with E-state index in [4.69, 9.17) is 0 Å². The highest BCUT2D eigenvalue weighted by Crippen LogP contribution is 2.79. The summed E-state index contributed by atoms with van der Waals surface area (Å²) in [4.78, 5) is 3.08. The lowest BCUT2D eigenvalue weighted by Crippen LogP contribution is -2.50. The van der Waals surface area contributed by atoms with Crippen LogP contribution in [0.1, 0.15) is 158 Å². The summed E-state index contributed by atoms with van der Waals surface area (Å²) in [5.41, 5.74) is 1.27. The van der Waals surface area contributed by atoms with Crippen molar-refractivity contribution in [2.75, 3.05) is 13.1 Å². The molecule has 2 aliphatic rings. The van der Waals surface area contributed by atoms with E-state index in [1.807, 2.05) is 0 Å². The first-order valence-corrected chi connectivity index (χ1v) is 15.6. The summed E-state index contributed by atoms with van der Waals surface area (Å²) >= 11 is 0. The maximum absolute atomic E-state index is 3.08. The van der Waals surface area contributed by atoms with E-state index in [1.54, 1.807) is 0 Å². The van der Waals surface area contributed by atoms with Gasteiger partial charge >= 0.3 is 0 Å². The fourth-order valence-corrected chi connectivity index (χ4v) is 7.34. The molecule has 0 N–H and O–H groups in total. The number of hydrogen-bond donors (Lipinski definition) is 0. The van der Waals surface area contributed by atoms with Crippen LogP contribution < -0.4 is 0 Å². The Hall–Kier alpha value is -0.0400. The molecule has 2 fully saturated rings.